The maximum Gasteiger partial charge on any atom is 0.269 e. The zero-order valence-corrected chi connectivity index (χ0v) is 43.0. The number of aromatic nitrogens is 4. The average Bonchev–Trinajstić information content (AvgIpc) is 3.78. The number of aryl methyl sites for hydroxylation is 2. The molecule has 0 aliphatic carbocycles. The topological polar surface area (TPSA) is 49.0 Å². The third kappa shape index (κ3) is 7.17. The largest absolute Gasteiger partial charge is 0.458 e. The van der Waals surface area contributed by atoms with Crippen molar-refractivity contribution in [2.75, 3.05) is 0 Å². The summed E-state index contributed by atoms with van der Waals surface area (Å²) in [6.45, 7) is 1.42. The lowest BCUT2D eigenvalue weighted by molar-refractivity contribution is -0.570. The molecule has 372 valence electrons. The Labute approximate surface area is 460 Å². The summed E-state index contributed by atoms with van der Waals surface area (Å²) >= 11 is 0. The summed E-state index contributed by atoms with van der Waals surface area (Å²) < 4.78 is 71.9. The molecular weight excluding hydrogens is 953 g/mol. The third-order valence-electron chi connectivity index (χ3n) is 15.6. The van der Waals surface area contributed by atoms with Gasteiger partial charge in [0, 0.05) is 42.0 Å². The van der Waals surface area contributed by atoms with Crippen molar-refractivity contribution < 1.29 is 21.9 Å². The maximum atomic E-state index is 8.69. The molecule has 0 radical (unpaired) electrons. The van der Waals surface area contributed by atoms with E-state index >= 15 is 0 Å². The lowest BCUT2D eigenvalue weighted by Crippen LogP contribution is -2.32. The van der Waals surface area contributed by atoms with Gasteiger partial charge in [-0.25, -0.2) is 4.98 Å². The van der Waals surface area contributed by atoms with Gasteiger partial charge in [0.15, 0.2) is 0 Å². The van der Waals surface area contributed by atoms with Gasteiger partial charge in [0.1, 0.15) is 28.5 Å². The standard InChI is InChI=1S/C72H52N4O2/c1-44-16-12-17-45(2)69(44)47-30-33-55-53-20-6-7-21-54(53)59-26-15-28-64-71(59)75(70-52(24-14-25-60(70)61(55)39-47)46-31-35-67-62(38-46)58-23-9-11-29-66(58)78-67)43-74(64)49-18-13-19-50(41-49)77-51-32-34-57-56-22-8-10-27-63(56)76(65(57)42-51)68-40-48(36-37-73-68)72(3,4)5/h6-42H,1-5H3/i1D3,2D3. The summed E-state index contributed by atoms with van der Waals surface area (Å²) in [5.41, 5.74) is 15.9. The second-order valence-electron chi connectivity index (χ2n) is 21.3. The summed E-state index contributed by atoms with van der Waals surface area (Å²) in [7, 11) is 0. The number of hydrogen-bond acceptors (Lipinski definition) is 3. The highest BCUT2D eigenvalue weighted by Gasteiger charge is 2.28. The van der Waals surface area contributed by atoms with Gasteiger partial charge in [-0.3, -0.25) is 13.7 Å². The molecular formula is C72H52N4O2. The molecule has 6 heteroatoms. The van der Waals surface area contributed by atoms with Gasteiger partial charge in [0.25, 0.3) is 6.33 Å². The summed E-state index contributed by atoms with van der Waals surface area (Å²) in [6.07, 6.45) is 5.80. The molecule has 0 amide bonds. The minimum atomic E-state index is -2.61. The fourth-order valence-electron chi connectivity index (χ4n) is 11.9. The highest BCUT2D eigenvalue weighted by atomic mass is 16.5. The van der Waals surface area contributed by atoms with Crippen molar-refractivity contribution >= 4 is 54.8 Å². The highest BCUT2D eigenvalue weighted by Crippen LogP contribution is 2.47. The second kappa shape index (κ2) is 17.4. The van der Waals surface area contributed by atoms with Crippen LogP contribution in [0.3, 0.4) is 0 Å². The number of ether oxygens (including phenoxy) is 1. The lowest BCUT2D eigenvalue weighted by Gasteiger charge is -2.20. The molecule has 0 bridgehead atoms. The monoisotopic (exact) mass is 1010 g/mol. The Morgan fingerprint density at radius 1 is 0.500 bits per heavy atom. The number of imidazole rings is 1. The highest BCUT2D eigenvalue weighted by molar-refractivity contribution is 6.10. The molecule has 0 fully saturated rings. The van der Waals surface area contributed by atoms with Gasteiger partial charge in [0.2, 0.25) is 0 Å². The van der Waals surface area contributed by atoms with Crippen LogP contribution in [0.25, 0.3) is 128 Å². The van der Waals surface area contributed by atoms with Crippen LogP contribution in [0.4, 0.5) is 0 Å². The Morgan fingerprint density at radius 2 is 1.17 bits per heavy atom. The molecule has 0 N–H and O–H groups in total. The van der Waals surface area contributed by atoms with E-state index in [1.54, 1.807) is 0 Å². The number of benzene rings is 10. The Morgan fingerprint density at radius 3 is 2.03 bits per heavy atom. The van der Waals surface area contributed by atoms with Crippen LogP contribution in [0, 0.1) is 20.0 Å². The molecule has 0 spiro atoms. The van der Waals surface area contributed by atoms with E-state index in [9.17, 15) is 0 Å². The van der Waals surface area contributed by atoms with E-state index < -0.39 is 13.7 Å². The minimum Gasteiger partial charge on any atom is -0.458 e. The molecule has 14 aromatic rings. The molecule has 15 rings (SSSR count). The van der Waals surface area contributed by atoms with Crippen molar-refractivity contribution in [1.29, 1.82) is 0 Å². The predicted molar refractivity (Wildman–Crippen MR) is 318 cm³/mol. The predicted octanol–water partition coefficient (Wildman–Crippen LogP) is 18.5. The molecule has 1 aliphatic heterocycles. The van der Waals surface area contributed by atoms with Crippen molar-refractivity contribution in [2.24, 2.45) is 0 Å². The Bertz CT molecular complexity index is 5000. The quantitative estimate of drug-likeness (QED) is 0.123. The van der Waals surface area contributed by atoms with Crippen molar-refractivity contribution in [3.63, 3.8) is 0 Å². The van der Waals surface area contributed by atoms with Crippen LogP contribution >= 0.6 is 0 Å². The van der Waals surface area contributed by atoms with Gasteiger partial charge in [-0.05, 0) is 164 Å². The van der Waals surface area contributed by atoms with Crippen LogP contribution < -0.4 is 9.30 Å². The molecule has 6 nitrogen and oxygen atoms in total. The first-order valence-electron chi connectivity index (χ1n) is 29.3. The van der Waals surface area contributed by atoms with Crippen molar-refractivity contribution in [2.45, 2.75) is 39.9 Å². The Kier molecular flexibility index (Phi) is 8.83. The van der Waals surface area contributed by atoms with Gasteiger partial charge in [0.05, 0.1) is 33.4 Å². The van der Waals surface area contributed by atoms with Crippen molar-refractivity contribution in [3.8, 4) is 84.3 Å². The van der Waals surface area contributed by atoms with E-state index in [-0.39, 0.29) is 22.1 Å². The van der Waals surface area contributed by atoms with Gasteiger partial charge in [-0.1, -0.05) is 160 Å². The van der Waals surface area contributed by atoms with E-state index in [1.807, 2.05) is 91.1 Å². The van der Waals surface area contributed by atoms with Crippen LogP contribution in [0.5, 0.6) is 11.5 Å². The average molecular weight is 1010 g/mol. The van der Waals surface area contributed by atoms with Crippen molar-refractivity contribution in [1.82, 2.24) is 14.1 Å². The van der Waals surface area contributed by atoms with E-state index in [0.717, 1.165) is 116 Å². The fourth-order valence-corrected chi connectivity index (χ4v) is 11.9. The molecule has 0 saturated carbocycles. The first kappa shape index (κ1) is 39.6. The molecule has 0 unspecified atom stereocenters. The summed E-state index contributed by atoms with van der Waals surface area (Å²) in [5.74, 6) is 2.13. The Hall–Kier alpha value is -9.78. The van der Waals surface area contributed by atoms with Gasteiger partial charge >= 0.3 is 0 Å². The number of hydrogen-bond donors (Lipinski definition) is 0. The number of pyridine rings is 1. The fraction of sp³-hybridized carbons (Fsp3) is 0.0833. The maximum absolute atomic E-state index is 8.69. The van der Waals surface area contributed by atoms with Crippen LogP contribution in [-0.4, -0.2) is 14.1 Å². The molecule has 10 aromatic carbocycles. The van der Waals surface area contributed by atoms with Crippen LogP contribution in [0.2, 0.25) is 0 Å². The summed E-state index contributed by atoms with van der Waals surface area (Å²) in [5, 5.41) is 4.19. The van der Waals surface area contributed by atoms with Crippen molar-refractivity contribution in [3.05, 3.63) is 248 Å². The van der Waals surface area contributed by atoms with E-state index in [2.05, 4.69) is 156 Å². The van der Waals surface area contributed by atoms with Gasteiger partial charge in [-0.15, -0.1) is 0 Å². The van der Waals surface area contributed by atoms with E-state index in [1.165, 1.54) is 23.8 Å². The molecule has 5 heterocycles. The SMILES string of the molecule is [2H]C([2H])([2H])c1cccc(C([2H])([2H])[2H])c1-c1ccc2c(c1)-c1cccc(-c3ccc4oc5ccccc5c4c3)c1-[n+]1[c-]n(-c3cccc(Oc4ccc5c6ccccc6n(-c6cc(C(C)(C)C)ccn6)c5c4)c3)c3cccc(c31)-c1ccccc1-2. The smallest absolute Gasteiger partial charge is 0.269 e. The number of furan rings is 1. The summed E-state index contributed by atoms with van der Waals surface area (Å²) in [6, 6.07) is 72.7. The first-order chi connectivity index (χ1) is 40.5. The normalized spacial score (nSPS) is 13.6. The van der Waals surface area contributed by atoms with Gasteiger partial charge in [-0.2, -0.15) is 0 Å². The number of para-hydroxylation sites is 4. The van der Waals surface area contributed by atoms with Gasteiger partial charge < -0.3 is 9.15 Å². The van der Waals surface area contributed by atoms with Crippen LogP contribution in [0.1, 0.15) is 45.7 Å². The summed E-state index contributed by atoms with van der Waals surface area (Å²) in [4.78, 5) is 4.91. The number of fused-ring (bicyclic) bond motifs is 13. The molecule has 1 aliphatic rings. The molecule has 0 atom stereocenters. The number of nitrogens with zero attached hydrogens (tertiary/aromatic N) is 4. The Balaban J connectivity index is 0.954. The molecule has 0 saturated heterocycles. The molecule has 78 heavy (non-hydrogen) atoms. The van der Waals surface area contributed by atoms with Crippen LogP contribution in [-0.2, 0) is 5.41 Å². The van der Waals surface area contributed by atoms with E-state index in [4.69, 9.17) is 22.4 Å². The third-order valence-corrected chi connectivity index (χ3v) is 15.6. The lowest BCUT2D eigenvalue weighted by atomic mass is 9.85. The molecule has 4 aromatic heterocycles. The second-order valence-corrected chi connectivity index (χ2v) is 21.3. The first-order valence-corrected chi connectivity index (χ1v) is 26.3. The zero-order valence-electron chi connectivity index (χ0n) is 49.0. The zero-order chi connectivity index (χ0) is 57.4. The van der Waals surface area contributed by atoms with Crippen LogP contribution in [0.15, 0.2) is 229 Å². The van der Waals surface area contributed by atoms with E-state index in [0.29, 0.717) is 17.1 Å². The minimum absolute atomic E-state index is 0.0304. The number of rotatable bonds is 6.